The van der Waals surface area contributed by atoms with Crippen molar-refractivity contribution in [3.8, 4) is 11.5 Å². The first kappa shape index (κ1) is 21.2. The summed E-state index contributed by atoms with van der Waals surface area (Å²) >= 11 is 6.09. The summed E-state index contributed by atoms with van der Waals surface area (Å²) < 4.78 is 16.5. The predicted octanol–water partition coefficient (Wildman–Crippen LogP) is 4.13. The summed E-state index contributed by atoms with van der Waals surface area (Å²) in [7, 11) is 1.59. The largest absolute Gasteiger partial charge is 0.504 e. The van der Waals surface area contributed by atoms with E-state index in [4.69, 9.17) is 25.5 Å². The zero-order chi connectivity index (χ0) is 22.1. The number of hydrogen-bond acceptors (Lipinski definition) is 6. The minimum absolute atomic E-state index is 0.0154. The van der Waals surface area contributed by atoms with Gasteiger partial charge in [0.25, 0.3) is 5.91 Å². The Kier molecular flexibility index (Phi) is 5.89. The first-order chi connectivity index (χ1) is 15.0. The van der Waals surface area contributed by atoms with Gasteiger partial charge in [-0.05, 0) is 49.2 Å². The Balaban J connectivity index is 1.92. The van der Waals surface area contributed by atoms with Crippen LogP contribution >= 0.6 is 11.6 Å². The van der Waals surface area contributed by atoms with Crippen molar-refractivity contribution in [2.75, 3.05) is 26.9 Å². The maximum Gasteiger partial charge on any atom is 0.290 e. The van der Waals surface area contributed by atoms with Gasteiger partial charge in [-0.2, -0.15) is 0 Å². The molecule has 0 radical (unpaired) electrons. The molecule has 1 aromatic heterocycles. The highest BCUT2D eigenvalue weighted by atomic mass is 35.5. The van der Waals surface area contributed by atoms with Crippen molar-refractivity contribution in [1.82, 2.24) is 4.90 Å². The predicted molar refractivity (Wildman–Crippen MR) is 116 cm³/mol. The summed E-state index contributed by atoms with van der Waals surface area (Å²) in [6.45, 7) is 3.00. The highest BCUT2D eigenvalue weighted by Gasteiger charge is 2.42. The number of nitrogens with zero attached hydrogens (tertiary/aromatic N) is 1. The zero-order valence-electron chi connectivity index (χ0n) is 17.2. The van der Waals surface area contributed by atoms with Gasteiger partial charge in [0.15, 0.2) is 16.9 Å². The van der Waals surface area contributed by atoms with E-state index in [0.29, 0.717) is 47.7 Å². The molecule has 162 valence electrons. The van der Waals surface area contributed by atoms with E-state index < -0.39 is 6.04 Å². The normalized spacial score (nSPS) is 15.5. The maximum atomic E-state index is 13.5. The molecule has 1 aliphatic heterocycles. The van der Waals surface area contributed by atoms with Crippen LogP contribution in [0.3, 0.4) is 0 Å². The Hall–Kier alpha value is -3.03. The second kappa shape index (κ2) is 8.61. The number of amides is 1. The standard InChI is InChI=1S/C23H22ClNO6/c1-3-30-18-11-13(5-7-16(18)26)20-19-21(27)15-12-14(24)6-8-17(15)31-22(19)23(28)25(20)9-4-10-29-2/h5-8,11-12,20,26H,3-4,9-10H2,1-2H3. The molecule has 31 heavy (non-hydrogen) atoms. The molecule has 1 aliphatic rings. The SMILES string of the molecule is CCOc1cc(C2c3c(oc4ccc(Cl)cc4c3=O)C(=O)N2CCCOC)ccc1O. The third-order valence-electron chi connectivity index (χ3n) is 5.27. The molecule has 2 aromatic carbocycles. The Morgan fingerprint density at radius 2 is 2.00 bits per heavy atom. The molecule has 7 nitrogen and oxygen atoms in total. The van der Waals surface area contributed by atoms with E-state index in [1.807, 2.05) is 6.92 Å². The number of methoxy groups -OCH3 is 1. The number of hydrogen-bond donors (Lipinski definition) is 1. The van der Waals surface area contributed by atoms with Crippen LogP contribution in [-0.2, 0) is 4.74 Å². The number of phenols is 1. The lowest BCUT2D eigenvalue weighted by Crippen LogP contribution is -2.31. The van der Waals surface area contributed by atoms with Crippen LogP contribution in [0.4, 0.5) is 0 Å². The van der Waals surface area contributed by atoms with E-state index >= 15 is 0 Å². The fraction of sp³-hybridized carbons (Fsp3) is 0.304. The number of fused-ring (bicyclic) bond motifs is 2. The molecule has 0 saturated heterocycles. The summed E-state index contributed by atoms with van der Waals surface area (Å²) in [6.07, 6.45) is 0.586. The maximum absolute atomic E-state index is 13.5. The van der Waals surface area contributed by atoms with Crippen molar-refractivity contribution in [2.24, 2.45) is 0 Å². The van der Waals surface area contributed by atoms with Crippen LogP contribution in [0.5, 0.6) is 11.5 Å². The average Bonchev–Trinajstić information content (AvgIpc) is 3.03. The van der Waals surface area contributed by atoms with Gasteiger partial charge in [-0.1, -0.05) is 17.7 Å². The van der Waals surface area contributed by atoms with Gasteiger partial charge in [0.05, 0.1) is 23.6 Å². The van der Waals surface area contributed by atoms with Crippen molar-refractivity contribution in [3.63, 3.8) is 0 Å². The number of aromatic hydroxyl groups is 1. The van der Waals surface area contributed by atoms with Gasteiger partial charge in [0, 0.05) is 25.3 Å². The van der Waals surface area contributed by atoms with Crippen molar-refractivity contribution >= 4 is 28.5 Å². The van der Waals surface area contributed by atoms with Crippen molar-refractivity contribution in [2.45, 2.75) is 19.4 Å². The number of carbonyl (C=O) groups excluding carboxylic acids is 1. The molecular weight excluding hydrogens is 422 g/mol. The summed E-state index contributed by atoms with van der Waals surface area (Å²) in [4.78, 5) is 28.3. The third-order valence-corrected chi connectivity index (χ3v) is 5.51. The van der Waals surface area contributed by atoms with Gasteiger partial charge in [-0.3, -0.25) is 9.59 Å². The summed E-state index contributed by atoms with van der Waals surface area (Å²) in [5.74, 6) is -0.0752. The van der Waals surface area contributed by atoms with Crippen LogP contribution in [0.25, 0.3) is 11.0 Å². The molecular formula is C23H22ClNO6. The van der Waals surface area contributed by atoms with Crippen molar-refractivity contribution in [1.29, 1.82) is 0 Å². The van der Waals surface area contributed by atoms with Crippen molar-refractivity contribution in [3.05, 3.63) is 68.5 Å². The Morgan fingerprint density at radius 3 is 2.74 bits per heavy atom. The molecule has 0 bridgehead atoms. The molecule has 0 saturated carbocycles. The number of benzene rings is 2. The zero-order valence-corrected chi connectivity index (χ0v) is 17.9. The lowest BCUT2D eigenvalue weighted by molar-refractivity contribution is 0.0707. The molecule has 0 aliphatic carbocycles. The lowest BCUT2D eigenvalue weighted by atomic mass is 9.98. The van der Waals surface area contributed by atoms with E-state index in [9.17, 15) is 14.7 Å². The van der Waals surface area contributed by atoms with Gasteiger partial charge >= 0.3 is 0 Å². The van der Waals surface area contributed by atoms with E-state index in [1.165, 1.54) is 6.07 Å². The highest BCUT2D eigenvalue weighted by molar-refractivity contribution is 6.31. The summed E-state index contributed by atoms with van der Waals surface area (Å²) in [5, 5.41) is 10.8. The minimum Gasteiger partial charge on any atom is -0.504 e. The van der Waals surface area contributed by atoms with Gasteiger partial charge in [0.1, 0.15) is 5.58 Å². The minimum atomic E-state index is -0.682. The number of halogens is 1. The first-order valence-corrected chi connectivity index (χ1v) is 10.4. The second-order valence-electron chi connectivity index (χ2n) is 7.22. The fourth-order valence-corrected chi connectivity index (χ4v) is 4.09. The molecule has 0 spiro atoms. The number of rotatable bonds is 7. The topological polar surface area (TPSA) is 89.2 Å². The number of ether oxygens (including phenoxy) is 2. The quantitative estimate of drug-likeness (QED) is 0.552. The number of carbonyl (C=O) groups is 1. The molecule has 4 rings (SSSR count). The molecule has 0 fully saturated rings. The van der Waals surface area contributed by atoms with Gasteiger partial charge in [0.2, 0.25) is 5.76 Å². The Bertz CT molecular complexity index is 1200. The van der Waals surface area contributed by atoms with Crippen LogP contribution < -0.4 is 10.2 Å². The summed E-state index contributed by atoms with van der Waals surface area (Å²) in [6, 6.07) is 8.88. The molecule has 2 heterocycles. The van der Waals surface area contributed by atoms with E-state index in [1.54, 1.807) is 42.3 Å². The van der Waals surface area contributed by atoms with Gasteiger partial charge in [-0.25, -0.2) is 0 Å². The van der Waals surface area contributed by atoms with Crippen LogP contribution in [0.2, 0.25) is 5.02 Å². The highest BCUT2D eigenvalue weighted by Crippen LogP contribution is 2.41. The molecule has 1 amide bonds. The van der Waals surface area contributed by atoms with E-state index in [0.717, 1.165) is 0 Å². The second-order valence-corrected chi connectivity index (χ2v) is 7.66. The smallest absolute Gasteiger partial charge is 0.290 e. The summed E-state index contributed by atoms with van der Waals surface area (Å²) in [5.41, 5.74) is 0.891. The molecule has 1 N–H and O–H groups in total. The van der Waals surface area contributed by atoms with E-state index in [-0.39, 0.29) is 34.2 Å². The third kappa shape index (κ3) is 3.75. The molecule has 1 unspecified atom stereocenters. The van der Waals surface area contributed by atoms with Crippen molar-refractivity contribution < 1.29 is 23.8 Å². The van der Waals surface area contributed by atoms with E-state index in [2.05, 4.69) is 0 Å². The number of phenolic OH excluding ortho intramolecular Hbond substituents is 1. The van der Waals surface area contributed by atoms with Gasteiger partial charge in [-0.15, -0.1) is 0 Å². The van der Waals surface area contributed by atoms with Crippen LogP contribution in [-0.4, -0.2) is 42.8 Å². The van der Waals surface area contributed by atoms with Gasteiger partial charge < -0.3 is 23.9 Å². The fourth-order valence-electron chi connectivity index (χ4n) is 3.92. The Morgan fingerprint density at radius 1 is 1.19 bits per heavy atom. The van der Waals surface area contributed by atoms with Crippen LogP contribution in [0, 0.1) is 0 Å². The van der Waals surface area contributed by atoms with Crippen LogP contribution in [0.1, 0.15) is 41.1 Å². The molecule has 3 aromatic rings. The van der Waals surface area contributed by atoms with Crippen LogP contribution in [0.15, 0.2) is 45.6 Å². The first-order valence-electron chi connectivity index (χ1n) is 9.98. The average molecular weight is 444 g/mol. The monoisotopic (exact) mass is 443 g/mol. The molecule has 8 heteroatoms. The molecule has 1 atom stereocenters. The Labute approximate surface area is 183 Å². The lowest BCUT2D eigenvalue weighted by Gasteiger charge is -2.25.